The average molecular weight is 461 g/mol. The molecule has 1 aliphatic heterocycles. The molecule has 0 amide bonds. The van der Waals surface area contributed by atoms with Crippen LogP contribution in [0, 0.1) is 29.5 Å². The van der Waals surface area contributed by atoms with Crippen LogP contribution in [0.2, 0.25) is 0 Å². The van der Waals surface area contributed by atoms with Gasteiger partial charge in [0.25, 0.3) is 0 Å². The third-order valence-corrected chi connectivity index (χ3v) is 6.62. The van der Waals surface area contributed by atoms with Crippen LogP contribution >= 0.6 is 0 Å². The summed E-state index contributed by atoms with van der Waals surface area (Å²) < 4.78 is 19.1. The van der Waals surface area contributed by atoms with Gasteiger partial charge in [0, 0.05) is 18.1 Å². The zero-order valence-electron chi connectivity index (χ0n) is 19.3. The predicted octanol–water partition coefficient (Wildman–Crippen LogP) is 4.78. The summed E-state index contributed by atoms with van der Waals surface area (Å²) in [6, 6.07) is 14.3. The number of nitrogens with zero attached hydrogens (tertiary/aromatic N) is 2. The molecular formula is C28H29FN2O3. The Hall–Kier alpha value is -3.43. The molecule has 34 heavy (non-hydrogen) atoms. The molecule has 1 aliphatic rings. The molecule has 2 heterocycles. The molecule has 1 aromatic heterocycles. The Balaban J connectivity index is 1.34. The number of halogens is 1. The second-order valence-corrected chi connectivity index (χ2v) is 8.76. The van der Waals surface area contributed by atoms with Gasteiger partial charge in [0.1, 0.15) is 11.6 Å². The first-order valence-corrected chi connectivity index (χ1v) is 11.7. The van der Waals surface area contributed by atoms with E-state index in [-0.39, 0.29) is 11.7 Å². The van der Waals surface area contributed by atoms with Crippen molar-refractivity contribution >= 4 is 16.9 Å². The molecule has 2 aromatic carbocycles. The van der Waals surface area contributed by atoms with Gasteiger partial charge in [-0.1, -0.05) is 24.0 Å². The van der Waals surface area contributed by atoms with Crippen molar-refractivity contribution in [1.82, 2.24) is 9.88 Å². The summed E-state index contributed by atoms with van der Waals surface area (Å²) in [7, 11) is 1.65. The minimum atomic E-state index is -0.754. The number of ether oxygens (including phenoxy) is 1. The van der Waals surface area contributed by atoms with Crippen molar-refractivity contribution in [3.63, 3.8) is 0 Å². The number of rotatable bonds is 7. The van der Waals surface area contributed by atoms with Gasteiger partial charge in [-0.2, -0.15) is 0 Å². The van der Waals surface area contributed by atoms with E-state index in [1.54, 1.807) is 25.3 Å². The number of aromatic nitrogens is 1. The lowest BCUT2D eigenvalue weighted by Gasteiger charge is -2.35. The van der Waals surface area contributed by atoms with Crippen LogP contribution < -0.4 is 4.74 Å². The quantitative estimate of drug-likeness (QED) is 0.514. The highest BCUT2D eigenvalue weighted by atomic mass is 19.1. The van der Waals surface area contributed by atoms with E-state index >= 15 is 0 Å². The van der Waals surface area contributed by atoms with E-state index < -0.39 is 11.9 Å². The molecule has 0 unspecified atom stereocenters. The number of hydrogen-bond acceptors (Lipinski definition) is 4. The number of carboxylic acids is 1. The monoisotopic (exact) mass is 460 g/mol. The fraction of sp³-hybridized carbons (Fsp3) is 0.357. The third kappa shape index (κ3) is 5.73. The molecule has 1 N–H and O–H groups in total. The van der Waals surface area contributed by atoms with Crippen molar-refractivity contribution in [2.24, 2.45) is 11.8 Å². The Bertz CT molecular complexity index is 1220. The van der Waals surface area contributed by atoms with Gasteiger partial charge in [-0.15, -0.1) is 0 Å². The molecule has 176 valence electrons. The zero-order valence-corrected chi connectivity index (χ0v) is 19.3. The van der Waals surface area contributed by atoms with Crippen LogP contribution in [-0.4, -0.2) is 47.7 Å². The first kappa shape index (κ1) is 23.7. The largest absolute Gasteiger partial charge is 0.497 e. The molecule has 0 aliphatic carbocycles. The van der Waals surface area contributed by atoms with Crippen molar-refractivity contribution in [3.05, 3.63) is 71.7 Å². The standard InChI is InChI=1S/C28H29FN2O3/c1-34-23-11-12-27-24(18-23)20(13-15-30-27)7-4-8-21-14-17-31(19-25(21)28(32)33)16-5-9-22-6-2-3-10-26(22)29/h2-3,6,10-13,15,18,21,25H,4,7-8,14,16-17,19H2,1H3,(H,32,33)/t21-,25+/m1/s1. The van der Waals surface area contributed by atoms with Gasteiger partial charge < -0.3 is 9.84 Å². The predicted molar refractivity (Wildman–Crippen MR) is 130 cm³/mol. The molecule has 0 saturated carbocycles. The lowest BCUT2D eigenvalue weighted by Crippen LogP contribution is -2.44. The van der Waals surface area contributed by atoms with Crippen molar-refractivity contribution < 1.29 is 19.0 Å². The molecule has 3 aromatic rings. The van der Waals surface area contributed by atoms with Gasteiger partial charge in [0.05, 0.1) is 30.7 Å². The van der Waals surface area contributed by atoms with Crippen LogP contribution in [0.25, 0.3) is 10.9 Å². The number of carboxylic acid groups (broad SMARTS) is 1. The number of aliphatic carboxylic acids is 1. The van der Waals surface area contributed by atoms with Crippen molar-refractivity contribution in [2.45, 2.75) is 25.7 Å². The minimum Gasteiger partial charge on any atom is -0.497 e. The number of aryl methyl sites for hydroxylation is 1. The summed E-state index contributed by atoms with van der Waals surface area (Å²) in [5.41, 5.74) is 2.51. The summed E-state index contributed by atoms with van der Waals surface area (Å²) in [6.45, 7) is 1.72. The fourth-order valence-corrected chi connectivity index (χ4v) is 4.73. The number of carbonyl (C=O) groups is 1. The van der Waals surface area contributed by atoms with Crippen molar-refractivity contribution in [1.29, 1.82) is 0 Å². The van der Waals surface area contributed by atoms with Gasteiger partial charge in [0.2, 0.25) is 0 Å². The summed E-state index contributed by atoms with van der Waals surface area (Å²) in [5, 5.41) is 10.9. The van der Waals surface area contributed by atoms with Gasteiger partial charge in [-0.05, 0) is 80.1 Å². The van der Waals surface area contributed by atoms with Gasteiger partial charge in [-0.3, -0.25) is 14.7 Å². The van der Waals surface area contributed by atoms with E-state index in [2.05, 4.69) is 21.7 Å². The second-order valence-electron chi connectivity index (χ2n) is 8.76. The minimum absolute atomic E-state index is 0.135. The SMILES string of the molecule is COc1ccc2nccc(CCC[C@@H]3CCN(CC#Cc4ccccc4F)C[C@@H]3C(=O)O)c2c1. The zero-order chi connectivity index (χ0) is 23.9. The van der Waals surface area contributed by atoms with E-state index in [4.69, 9.17) is 4.74 Å². The smallest absolute Gasteiger partial charge is 0.308 e. The van der Waals surface area contributed by atoms with E-state index in [0.29, 0.717) is 18.7 Å². The Labute approximate surface area is 199 Å². The van der Waals surface area contributed by atoms with Crippen LogP contribution in [0.15, 0.2) is 54.7 Å². The number of hydrogen-bond donors (Lipinski definition) is 1. The first-order valence-electron chi connectivity index (χ1n) is 11.7. The molecule has 0 spiro atoms. The molecular weight excluding hydrogens is 431 g/mol. The van der Waals surface area contributed by atoms with Crippen LogP contribution in [0.1, 0.15) is 30.4 Å². The van der Waals surface area contributed by atoms with E-state index in [1.165, 1.54) is 11.6 Å². The summed E-state index contributed by atoms with van der Waals surface area (Å²) in [6.07, 6.45) is 5.29. The number of methoxy groups -OCH3 is 1. The average Bonchev–Trinajstić information content (AvgIpc) is 2.85. The van der Waals surface area contributed by atoms with Gasteiger partial charge >= 0.3 is 5.97 Å². The van der Waals surface area contributed by atoms with E-state index in [0.717, 1.165) is 48.9 Å². The summed E-state index contributed by atoms with van der Waals surface area (Å²) in [5.74, 6) is 5.30. The Morgan fingerprint density at radius 3 is 2.91 bits per heavy atom. The van der Waals surface area contributed by atoms with Crippen LogP contribution in [0.5, 0.6) is 5.75 Å². The molecule has 4 rings (SSSR count). The normalized spacial score (nSPS) is 18.3. The van der Waals surface area contributed by atoms with E-state index in [9.17, 15) is 14.3 Å². The molecule has 0 radical (unpaired) electrons. The third-order valence-electron chi connectivity index (χ3n) is 6.62. The van der Waals surface area contributed by atoms with Crippen molar-refractivity contribution in [3.8, 4) is 17.6 Å². The van der Waals surface area contributed by atoms with Gasteiger partial charge in [-0.25, -0.2) is 4.39 Å². The first-order chi connectivity index (χ1) is 16.5. The lowest BCUT2D eigenvalue weighted by atomic mass is 9.81. The lowest BCUT2D eigenvalue weighted by molar-refractivity contribution is -0.146. The fourth-order valence-electron chi connectivity index (χ4n) is 4.73. The maximum atomic E-state index is 13.7. The summed E-state index contributed by atoms with van der Waals surface area (Å²) in [4.78, 5) is 18.5. The molecule has 6 heteroatoms. The maximum absolute atomic E-state index is 13.7. The number of piperidine rings is 1. The summed E-state index contributed by atoms with van der Waals surface area (Å²) >= 11 is 0. The molecule has 0 bridgehead atoms. The van der Waals surface area contributed by atoms with Crippen LogP contribution in [-0.2, 0) is 11.2 Å². The second kappa shape index (κ2) is 11.1. The number of pyridine rings is 1. The highest BCUT2D eigenvalue weighted by Gasteiger charge is 2.33. The topological polar surface area (TPSA) is 62.7 Å². The number of fused-ring (bicyclic) bond motifs is 1. The van der Waals surface area contributed by atoms with E-state index in [1.807, 2.05) is 30.5 Å². The number of likely N-dealkylation sites (tertiary alicyclic amines) is 1. The number of benzene rings is 2. The van der Waals surface area contributed by atoms with Crippen molar-refractivity contribution in [2.75, 3.05) is 26.7 Å². The van der Waals surface area contributed by atoms with Gasteiger partial charge in [0.15, 0.2) is 0 Å². The maximum Gasteiger partial charge on any atom is 0.308 e. The highest BCUT2D eigenvalue weighted by Crippen LogP contribution is 2.30. The highest BCUT2D eigenvalue weighted by molar-refractivity contribution is 5.83. The molecule has 1 fully saturated rings. The molecule has 1 saturated heterocycles. The molecule has 5 nitrogen and oxygen atoms in total. The molecule has 2 atom stereocenters. The Morgan fingerprint density at radius 1 is 1.26 bits per heavy atom. The van der Waals surface area contributed by atoms with Crippen LogP contribution in [0.3, 0.4) is 0 Å². The Kier molecular flexibility index (Phi) is 7.76. The van der Waals surface area contributed by atoms with Crippen LogP contribution in [0.4, 0.5) is 4.39 Å². The Morgan fingerprint density at radius 2 is 2.12 bits per heavy atom.